The molecule has 0 aromatic heterocycles. The molecule has 0 fully saturated rings. The van der Waals surface area contributed by atoms with E-state index in [0.717, 1.165) is 17.6 Å². The second kappa shape index (κ2) is 7.84. The molecule has 0 N–H and O–H groups in total. The molecule has 0 saturated carbocycles. The summed E-state index contributed by atoms with van der Waals surface area (Å²) in [6.07, 6.45) is 3.19. The van der Waals surface area contributed by atoms with Crippen LogP contribution < -0.4 is 0 Å². The molecular weight excluding hydrogens is 309 g/mol. The number of benzene rings is 2. The monoisotopic (exact) mass is 328 g/mol. The van der Waals surface area contributed by atoms with E-state index in [0.29, 0.717) is 0 Å². The fourth-order valence-electron chi connectivity index (χ4n) is 1.96. The summed E-state index contributed by atoms with van der Waals surface area (Å²) >= 11 is 3.06. The van der Waals surface area contributed by atoms with Crippen LogP contribution in [-0.2, 0) is 0 Å². The first kappa shape index (κ1) is 14.8. The van der Waals surface area contributed by atoms with Crippen molar-refractivity contribution in [2.75, 3.05) is 6.54 Å². The van der Waals surface area contributed by atoms with Crippen molar-refractivity contribution < 1.29 is 0 Å². The molecule has 101 valence electrons. The molecule has 0 bridgehead atoms. The van der Waals surface area contributed by atoms with E-state index in [1.807, 2.05) is 12.1 Å². The number of hydrogen-bond donors (Lipinski definition) is 0. The summed E-state index contributed by atoms with van der Waals surface area (Å²) in [6.45, 7) is 2.99. The van der Waals surface area contributed by atoms with Gasteiger partial charge in [0.05, 0.1) is 0 Å². The third-order valence-corrected chi connectivity index (χ3v) is 3.45. The van der Waals surface area contributed by atoms with Crippen LogP contribution in [0, 0.1) is 0 Å². The van der Waals surface area contributed by atoms with E-state index in [2.05, 4.69) is 82.5 Å². The van der Waals surface area contributed by atoms with Crippen LogP contribution in [0.4, 0.5) is 0 Å². The quantitative estimate of drug-likeness (QED) is 0.579. The molecule has 0 aliphatic carbocycles. The average molecular weight is 327 g/mol. The Labute approximate surface area is 129 Å². The molecule has 1 radical (unpaired) electrons. The number of hydrogen-bond acceptors (Lipinski definition) is 1. The van der Waals surface area contributed by atoms with E-state index in [9.17, 15) is 0 Å². The number of rotatable bonds is 5. The first-order valence-corrected chi connectivity index (χ1v) is 7.71. The van der Waals surface area contributed by atoms with Crippen LogP contribution >= 0.6 is 0 Å². The van der Waals surface area contributed by atoms with Gasteiger partial charge in [0.1, 0.15) is 0 Å². The standard InChI is InChI=1S/C18H18NSe/c1-2-13-19-18(20)14-17(15-9-5-3-6-10-15)16-11-7-4-8-12-16/h3-12,14H,2,13H2,1H3. The van der Waals surface area contributed by atoms with Crippen LogP contribution in [-0.4, -0.2) is 27.2 Å². The molecule has 0 aliphatic rings. The molecule has 2 rings (SSSR count). The fraction of sp³-hybridized carbons (Fsp3) is 0.167. The van der Waals surface area contributed by atoms with Crippen LogP contribution in [0.25, 0.3) is 5.57 Å². The molecule has 0 amide bonds. The zero-order valence-corrected chi connectivity index (χ0v) is 13.3. The summed E-state index contributed by atoms with van der Waals surface area (Å²) < 4.78 is 0.953. The SMILES string of the molecule is CCCN=C([Se])C=C(c1ccccc1)c1ccccc1. The Hall–Kier alpha value is -1.63. The van der Waals surface area contributed by atoms with Gasteiger partial charge >= 0.3 is 129 Å². The van der Waals surface area contributed by atoms with Crippen molar-refractivity contribution >= 4 is 26.2 Å². The Kier molecular flexibility index (Phi) is 5.79. The summed E-state index contributed by atoms with van der Waals surface area (Å²) in [4.78, 5) is 4.52. The molecule has 1 nitrogen and oxygen atoms in total. The van der Waals surface area contributed by atoms with Gasteiger partial charge in [-0.15, -0.1) is 0 Å². The van der Waals surface area contributed by atoms with Gasteiger partial charge in [0, 0.05) is 0 Å². The normalized spacial score (nSPS) is 11.2. The minimum atomic E-state index is 0.857. The molecule has 2 aromatic rings. The molecule has 0 saturated heterocycles. The molecule has 2 aromatic carbocycles. The Morgan fingerprint density at radius 2 is 1.45 bits per heavy atom. The zero-order chi connectivity index (χ0) is 14.2. The molecule has 20 heavy (non-hydrogen) atoms. The van der Waals surface area contributed by atoms with Crippen molar-refractivity contribution in [1.29, 1.82) is 0 Å². The summed E-state index contributed by atoms with van der Waals surface area (Å²) in [7, 11) is 0. The third kappa shape index (κ3) is 4.19. The Balaban J connectivity index is 2.43. The van der Waals surface area contributed by atoms with Crippen LogP contribution in [0.2, 0.25) is 0 Å². The van der Waals surface area contributed by atoms with Crippen molar-refractivity contribution in [2.24, 2.45) is 4.99 Å². The molecular formula is C18H18NSe. The number of nitrogens with zero attached hydrogens (tertiary/aromatic N) is 1. The predicted molar refractivity (Wildman–Crippen MR) is 88.3 cm³/mol. The molecule has 0 atom stereocenters. The van der Waals surface area contributed by atoms with Gasteiger partial charge in [0.2, 0.25) is 0 Å². The number of allylic oxidation sites excluding steroid dienone is 1. The zero-order valence-electron chi connectivity index (χ0n) is 11.6. The summed E-state index contributed by atoms with van der Waals surface area (Å²) in [5.74, 6) is 0. The van der Waals surface area contributed by atoms with Gasteiger partial charge in [-0.2, -0.15) is 0 Å². The van der Waals surface area contributed by atoms with Gasteiger partial charge in [-0.1, -0.05) is 0 Å². The van der Waals surface area contributed by atoms with E-state index < -0.39 is 0 Å². The maximum absolute atomic E-state index is 4.52. The van der Waals surface area contributed by atoms with E-state index in [1.165, 1.54) is 16.7 Å². The summed E-state index contributed by atoms with van der Waals surface area (Å²) in [6, 6.07) is 20.9. The van der Waals surface area contributed by atoms with Crippen molar-refractivity contribution in [2.45, 2.75) is 13.3 Å². The molecule has 0 unspecified atom stereocenters. The van der Waals surface area contributed by atoms with E-state index in [-0.39, 0.29) is 0 Å². The van der Waals surface area contributed by atoms with Crippen LogP contribution in [0.15, 0.2) is 71.7 Å². The van der Waals surface area contributed by atoms with E-state index in [4.69, 9.17) is 0 Å². The van der Waals surface area contributed by atoms with Gasteiger partial charge < -0.3 is 0 Å². The van der Waals surface area contributed by atoms with Crippen LogP contribution in [0.3, 0.4) is 0 Å². The second-order valence-electron chi connectivity index (χ2n) is 4.51. The van der Waals surface area contributed by atoms with Gasteiger partial charge in [-0.3, -0.25) is 0 Å². The summed E-state index contributed by atoms with van der Waals surface area (Å²) in [5.41, 5.74) is 3.61. The van der Waals surface area contributed by atoms with E-state index >= 15 is 0 Å². The van der Waals surface area contributed by atoms with Gasteiger partial charge in [-0.05, 0) is 0 Å². The van der Waals surface area contributed by atoms with Crippen LogP contribution in [0.5, 0.6) is 0 Å². The third-order valence-electron chi connectivity index (χ3n) is 2.93. The Bertz CT molecular complexity index is 544. The van der Waals surface area contributed by atoms with E-state index in [1.54, 1.807) is 0 Å². The first-order chi connectivity index (χ1) is 9.81. The Morgan fingerprint density at radius 1 is 0.950 bits per heavy atom. The van der Waals surface area contributed by atoms with Gasteiger partial charge in [0.25, 0.3) is 0 Å². The Morgan fingerprint density at radius 3 is 1.90 bits per heavy atom. The second-order valence-corrected chi connectivity index (χ2v) is 5.39. The van der Waals surface area contributed by atoms with Crippen molar-refractivity contribution in [3.8, 4) is 0 Å². The summed E-state index contributed by atoms with van der Waals surface area (Å²) in [5, 5.41) is 0. The molecule has 0 heterocycles. The van der Waals surface area contributed by atoms with Crippen LogP contribution in [0.1, 0.15) is 24.5 Å². The number of aliphatic imine (C=N–C) groups is 1. The van der Waals surface area contributed by atoms with Crippen molar-refractivity contribution in [3.63, 3.8) is 0 Å². The van der Waals surface area contributed by atoms with Crippen molar-refractivity contribution in [1.82, 2.24) is 0 Å². The molecule has 2 heteroatoms. The molecule has 0 spiro atoms. The fourth-order valence-corrected chi connectivity index (χ4v) is 2.40. The topological polar surface area (TPSA) is 12.4 Å². The predicted octanol–water partition coefficient (Wildman–Crippen LogP) is 4.10. The minimum absolute atomic E-state index is 0.857. The maximum atomic E-state index is 4.52. The van der Waals surface area contributed by atoms with Gasteiger partial charge in [0.15, 0.2) is 0 Å². The molecule has 0 aliphatic heterocycles. The van der Waals surface area contributed by atoms with Crippen molar-refractivity contribution in [3.05, 3.63) is 77.9 Å². The average Bonchev–Trinajstić information content (AvgIpc) is 2.52. The first-order valence-electron chi connectivity index (χ1n) is 6.85. The van der Waals surface area contributed by atoms with Gasteiger partial charge in [-0.25, -0.2) is 0 Å².